The lowest BCUT2D eigenvalue weighted by atomic mass is 10.0. The molecule has 2 amide bonds. The Morgan fingerprint density at radius 2 is 1.56 bits per heavy atom. The highest BCUT2D eigenvalue weighted by atomic mass is 16.5. The Balaban J connectivity index is 1.53. The lowest BCUT2D eigenvalue weighted by Gasteiger charge is -2.40. The standard InChI is InChI=1S/C20H20N2O3/c1-14-18(15-7-3-2-4-8-15)25-12-11-21(14)13-22-19(23)16-9-5-6-10-17(16)20(22)24/h2-10,14,18H,11-13H2,1H3/t14-,18-/m0/s1. The third-order valence-corrected chi connectivity index (χ3v) is 5.02. The van der Waals surface area contributed by atoms with E-state index in [4.69, 9.17) is 4.74 Å². The smallest absolute Gasteiger partial charge is 0.262 e. The highest BCUT2D eigenvalue weighted by molar-refractivity contribution is 6.21. The molecular formula is C20H20N2O3. The van der Waals surface area contributed by atoms with Crippen LogP contribution in [0.2, 0.25) is 0 Å². The normalized spacial score (nSPS) is 23.8. The summed E-state index contributed by atoms with van der Waals surface area (Å²) in [5.41, 5.74) is 2.10. The molecule has 4 rings (SSSR count). The van der Waals surface area contributed by atoms with Crippen LogP contribution in [0.5, 0.6) is 0 Å². The Kier molecular flexibility index (Phi) is 4.11. The summed E-state index contributed by atoms with van der Waals surface area (Å²) in [5, 5.41) is 0. The van der Waals surface area contributed by atoms with Gasteiger partial charge in [-0.1, -0.05) is 42.5 Å². The highest BCUT2D eigenvalue weighted by Crippen LogP contribution is 2.30. The van der Waals surface area contributed by atoms with E-state index in [1.807, 2.05) is 30.3 Å². The summed E-state index contributed by atoms with van der Waals surface area (Å²) in [7, 11) is 0. The Labute approximate surface area is 146 Å². The first-order chi connectivity index (χ1) is 12.2. The first kappa shape index (κ1) is 16.0. The van der Waals surface area contributed by atoms with Crippen molar-refractivity contribution < 1.29 is 14.3 Å². The predicted molar refractivity (Wildman–Crippen MR) is 93.1 cm³/mol. The second-order valence-electron chi connectivity index (χ2n) is 6.48. The fraction of sp³-hybridized carbons (Fsp3) is 0.300. The molecule has 0 radical (unpaired) electrons. The number of ether oxygens (including phenoxy) is 1. The number of nitrogens with zero attached hydrogens (tertiary/aromatic N) is 2. The molecule has 2 heterocycles. The molecule has 1 fully saturated rings. The van der Waals surface area contributed by atoms with Crippen molar-refractivity contribution in [2.24, 2.45) is 0 Å². The van der Waals surface area contributed by atoms with Crippen molar-refractivity contribution in [3.8, 4) is 0 Å². The zero-order valence-electron chi connectivity index (χ0n) is 14.1. The molecule has 2 aromatic rings. The molecule has 5 nitrogen and oxygen atoms in total. The van der Waals surface area contributed by atoms with E-state index in [1.165, 1.54) is 4.90 Å². The van der Waals surface area contributed by atoms with Crippen molar-refractivity contribution in [3.63, 3.8) is 0 Å². The summed E-state index contributed by atoms with van der Waals surface area (Å²) in [4.78, 5) is 28.7. The van der Waals surface area contributed by atoms with Crippen molar-refractivity contribution in [3.05, 3.63) is 71.3 Å². The average molecular weight is 336 g/mol. The van der Waals surface area contributed by atoms with E-state index < -0.39 is 0 Å². The quantitative estimate of drug-likeness (QED) is 0.809. The molecule has 5 heteroatoms. The van der Waals surface area contributed by atoms with E-state index in [0.717, 1.165) is 5.56 Å². The molecule has 0 spiro atoms. The van der Waals surface area contributed by atoms with Gasteiger partial charge in [0.25, 0.3) is 11.8 Å². The van der Waals surface area contributed by atoms with Crippen LogP contribution in [0.15, 0.2) is 54.6 Å². The SMILES string of the molecule is C[C@H]1[C@@H](c2ccccc2)OCCN1CN1C(=O)c2ccccc2C1=O. The van der Waals surface area contributed by atoms with Gasteiger partial charge < -0.3 is 4.74 Å². The third-order valence-electron chi connectivity index (χ3n) is 5.02. The molecule has 2 aliphatic rings. The number of rotatable bonds is 3. The zero-order valence-corrected chi connectivity index (χ0v) is 14.1. The van der Waals surface area contributed by atoms with Gasteiger partial charge in [0.1, 0.15) is 0 Å². The van der Waals surface area contributed by atoms with E-state index in [9.17, 15) is 9.59 Å². The maximum Gasteiger partial charge on any atom is 0.262 e. The number of hydrogen-bond acceptors (Lipinski definition) is 4. The van der Waals surface area contributed by atoms with Crippen LogP contribution in [0.25, 0.3) is 0 Å². The van der Waals surface area contributed by atoms with Gasteiger partial charge in [0, 0.05) is 12.6 Å². The van der Waals surface area contributed by atoms with Crippen LogP contribution < -0.4 is 0 Å². The second kappa shape index (κ2) is 6.43. The minimum Gasteiger partial charge on any atom is -0.371 e. The predicted octanol–water partition coefficient (Wildman–Crippen LogP) is 2.70. The van der Waals surface area contributed by atoms with Crippen LogP contribution in [0, 0.1) is 0 Å². The van der Waals surface area contributed by atoms with Crippen molar-refractivity contribution >= 4 is 11.8 Å². The van der Waals surface area contributed by atoms with Crippen LogP contribution in [0.3, 0.4) is 0 Å². The minimum absolute atomic E-state index is 0.0647. The molecule has 0 bridgehead atoms. The number of benzene rings is 2. The Bertz CT molecular complexity index is 771. The topological polar surface area (TPSA) is 49.9 Å². The number of carbonyl (C=O) groups is 2. The van der Waals surface area contributed by atoms with E-state index in [2.05, 4.69) is 11.8 Å². The summed E-state index contributed by atoms with van der Waals surface area (Å²) >= 11 is 0. The summed E-state index contributed by atoms with van der Waals surface area (Å²) in [6, 6.07) is 17.1. The van der Waals surface area contributed by atoms with Crippen molar-refractivity contribution in [1.82, 2.24) is 9.80 Å². The Hall–Kier alpha value is -2.50. The number of carbonyl (C=O) groups excluding carboxylic acids is 2. The van der Waals surface area contributed by atoms with Gasteiger partial charge in [0.2, 0.25) is 0 Å². The molecule has 0 aromatic heterocycles. The maximum atomic E-state index is 12.6. The summed E-state index contributed by atoms with van der Waals surface area (Å²) in [6.07, 6.45) is -0.0647. The Morgan fingerprint density at radius 1 is 0.960 bits per heavy atom. The molecule has 0 N–H and O–H groups in total. The van der Waals surface area contributed by atoms with Crippen LogP contribution in [0.4, 0.5) is 0 Å². The van der Waals surface area contributed by atoms with Gasteiger partial charge in [-0.15, -0.1) is 0 Å². The van der Waals surface area contributed by atoms with Crippen LogP contribution in [-0.2, 0) is 4.74 Å². The lowest BCUT2D eigenvalue weighted by Crippen LogP contribution is -2.51. The monoisotopic (exact) mass is 336 g/mol. The number of imide groups is 1. The lowest BCUT2D eigenvalue weighted by molar-refractivity contribution is -0.0769. The second-order valence-corrected chi connectivity index (χ2v) is 6.48. The molecule has 2 atom stereocenters. The number of morpholine rings is 1. The zero-order chi connectivity index (χ0) is 17.4. The average Bonchev–Trinajstić information content (AvgIpc) is 2.89. The number of hydrogen-bond donors (Lipinski definition) is 0. The molecule has 2 aromatic carbocycles. The van der Waals surface area contributed by atoms with Crippen molar-refractivity contribution in [2.45, 2.75) is 19.1 Å². The van der Waals surface area contributed by atoms with Gasteiger partial charge in [-0.25, -0.2) is 0 Å². The van der Waals surface area contributed by atoms with Crippen LogP contribution in [-0.4, -0.2) is 47.5 Å². The summed E-state index contributed by atoms with van der Waals surface area (Å²) in [5.74, 6) is -0.425. The van der Waals surface area contributed by atoms with Crippen molar-refractivity contribution in [1.29, 1.82) is 0 Å². The third kappa shape index (κ3) is 2.75. The van der Waals surface area contributed by atoms with Gasteiger partial charge in [-0.05, 0) is 24.6 Å². The summed E-state index contributed by atoms with van der Waals surface area (Å²) in [6.45, 7) is 3.64. The molecule has 128 valence electrons. The van der Waals surface area contributed by atoms with E-state index in [-0.39, 0.29) is 24.0 Å². The molecule has 1 saturated heterocycles. The fourth-order valence-electron chi connectivity index (χ4n) is 3.60. The van der Waals surface area contributed by atoms with Gasteiger partial charge in [0.15, 0.2) is 0 Å². The van der Waals surface area contributed by atoms with Crippen molar-refractivity contribution in [2.75, 3.05) is 19.8 Å². The fourth-order valence-corrected chi connectivity index (χ4v) is 3.60. The first-order valence-corrected chi connectivity index (χ1v) is 8.52. The molecule has 25 heavy (non-hydrogen) atoms. The van der Waals surface area contributed by atoms with Gasteiger partial charge in [-0.3, -0.25) is 19.4 Å². The maximum absolute atomic E-state index is 12.6. The molecular weight excluding hydrogens is 316 g/mol. The molecule has 0 aliphatic carbocycles. The van der Waals surface area contributed by atoms with E-state index >= 15 is 0 Å². The van der Waals surface area contributed by atoms with Crippen LogP contribution >= 0.6 is 0 Å². The molecule has 2 aliphatic heterocycles. The van der Waals surface area contributed by atoms with Gasteiger partial charge in [0.05, 0.1) is 30.5 Å². The minimum atomic E-state index is -0.212. The highest BCUT2D eigenvalue weighted by Gasteiger charge is 2.38. The molecule has 0 unspecified atom stereocenters. The van der Waals surface area contributed by atoms with Gasteiger partial charge >= 0.3 is 0 Å². The largest absolute Gasteiger partial charge is 0.371 e. The van der Waals surface area contributed by atoms with E-state index in [1.54, 1.807) is 24.3 Å². The first-order valence-electron chi connectivity index (χ1n) is 8.52. The Morgan fingerprint density at radius 3 is 2.20 bits per heavy atom. The number of amides is 2. The van der Waals surface area contributed by atoms with Crippen LogP contribution in [0.1, 0.15) is 39.3 Å². The number of fused-ring (bicyclic) bond motifs is 1. The summed E-state index contributed by atoms with van der Waals surface area (Å²) < 4.78 is 5.96. The molecule has 0 saturated carbocycles. The van der Waals surface area contributed by atoms with Gasteiger partial charge in [-0.2, -0.15) is 0 Å². The van der Waals surface area contributed by atoms with E-state index in [0.29, 0.717) is 30.9 Å².